The summed E-state index contributed by atoms with van der Waals surface area (Å²) >= 11 is 0. The first kappa shape index (κ1) is 21.5. The van der Waals surface area contributed by atoms with Gasteiger partial charge in [-0.3, -0.25) is 0 Å². The SMILES string of the molecule is CCO[Si](C)(OCC)c1ccc([Si](OCC)(OCC)OCC)cc1. The molecule has 0 radical (unpaired) electrons. The van der Waals surface area contributed by atoms with E-state index in [2.05, 4.69) is 18.7 Å². The highest BCUT2D eigenvalue weighted by Gasteiger charge is 2.43. The van der Waals surface area contributed by atoms with E-state index in [0.29, 0.717) is 33.0 Å². The summed E-state index contributed by atoms with van der Waals surface area (Å²) in [6.07, 6.45) is 0. The summed E-state index contributed by atoms with van der Waals surface area (Å²) in [4.78, 5) is 0. The lowest BCUT2D eigenvalue weighted by Gasteiger charge is -2.30. The highest BCUT2D eigenvalue weighted by molar-refractivity contribution is 6.80. The average molecular weight is 373 g/mol. The van der Waals surface area contributed by atoms with Gasteiger partial charge in [0.2, 0.25) is 0 Å². The quantitative estimate of drug-likeness (QED) is 0.527. The predicted molar refractivity (Wildman–Crippen MR) is 101 cm³/mol. The van der Waals surface area contributed by atoms with Crippen molar-refractivity contribution in [3.05, 3.63) is 24.3 Å². The van der Waals surface area contributed by atoms with Gasteiger partial charge < -0.3 is 22.1 Å². The smallest absolute Gasteiger partial charge is 0.391 e. The van der Waals surface area contributed by atoms with E-state index >= 15 is 0 Å². The van der Waals surface area contributed by atoms with Crippen molar-refractivity contribution in [1.82, 2.24) is 0 Å². The summed E-state index contributed by atoms with van der Waals surface area (Å²) in [7, 11) is -5.23. The molecule has 0 aromatic heterocycles. The third kappa shape index (κ3) is 5.22. The second-order valence-corrected chi connectivity index (χ2v) is 10.8. The molecule has 0 saturated heterocycles. The maximum Gasteiger partial charge on any atom is 0.537 e. The van der Waals surface area contributed by atoms with E-state index in [0.717, 1.165) is 10.4 Å². The van der Waals surface area contributed by atoms with E-state index in [1.807, 2.05) is 46.8 Å². The Balaban J connectivity index is 3.17. The minimum atomic E-state index is -2.86. The molecule has 0 aliphatic carbocycles. The van der Waals surface area contributed by atoms with Crippen LogP contribution in [-0.2, 0) is 22.1 Å². The van der Waals surface area contributed by atoms with Gasteiger partial charge in [0.15, 0.2) is 0 Å². The highest BCUT2D eigenvalue weighted by atomic mass is 28.4. The molecule has 0 unspecified atom stereocenters. The second kappa shape index (κ2) is 10.4. The number of rotatable bonds is 12. The van der Waals surface area contributed by atoms with Crippen molar-refractivity contribution in [2.75, 3.05) is 33.0 Å². The van der Waals surface area contributed by atoms with Crippen LogP contribution in [0.3, 0.4) is 0 Å². The minimum absolute atomic E-state index is 0.554. The first-order valence-corrected chi connectivity index (χ1v) is 12.9. The van der Waals surface area contributed by atoms with Gasteiger partial charge in [-0.05, 0) is 46.4 Å². The van der Waals surface area contributed by atoms with Crippen molar-refractivity contribution in [2.24, 2.45) is 0 Å². The molecule has 1 aromatic carbocycles. The molecule has 0 saturated carbocycles. The zero-order valence-electron chi connectivity index (χ0n) is 15.9. The largest absolute Gasteiger partial charge is 0.537 e. The molecule has 0 aliphatic heterocycles. The first-order chi connectivity index (χ1) is 11.5. The molecular weight excluding hydrogens is 340 g/mol. The standard InChI is InChI=1S/C17H32O5Si2/c1-7-18-23(6,19-8-2)16-12-14-17(15-13-16)24(20-9-3,21-10-4)22-11-5/h12-15H,7-11H2,1-6H3. The molecule has 0 heterocycles. The molecule has 0 fully saturated rings. The van der Waals surface area contributed by atoms with Gasteiger partial charge >= 0.3 is 17.4 Å². The average Bonchev–Trinajstić information content (AvgIpc) is 2.56. The Labute approximate surface area is 148 Å². The van der Waals surface area contributed by atoms with Gasteiger partial charge in [0.1, 0.15) is 0 Å². The molecule has 0 aliphatic rings. The molecule has 0 amide bonds. The maximum absolute atomic E-state index is 5.96. The topological polar surface area (TPSA) is 46.2 Å². The fourth-order valence-corrected chi connectivity index (χ4v) is 7.44. The van der Waals surface area contributed by atoms with Crippen molar-refractivity contribution < 1.29 is 22.1 Å². The molecule has 0 N–H and O–H groups in total. The summed E-state index contributed by atoms with van der Waals surface area (Å²) in [6, 6.07) is 8.19. The summed E-state index contributed by atoms with van der Waals surface area (Å²) in [5.74, 6) is 0. The van der Waals surface area contributed by atoms with Gasteiger partial charge in [-0.2, -0.15) is 0 Å². The zero-order valence-corrected chi connectivity index (χ0v) is 17.9. The van der Waals surface area contributed by atoms with Crippen molar-refractivity contribution >= 4 is 27.7 Å². The number of benzene rings is 1. The van der Waals surface area contributed by atoms with Crippen LogP contribution in [0.1, 0.15) is 34.6 Å². The van der Waals surface area contributed by atoms with Crippen molar-refractivity contribution in [3.63, 3.8) is 0 Å². The molecule has 1 aromatic rings. The van der Waals surface area contributed by atoms with Crippen LogP contribution in [0, 0.1) is 0 Å². The zero-order chi connectivity index (χ0) is 18.1. The second-order valence-electron chi connectivity index (χ2n) is 5.24. The third-order valence-electron chi connectivity index (χ3n) is 3.61. The van der Waals surface area contributed by atoms with Crippen LogP contribution in [0.2, 0.25) is 6.55 Å². The van der Waals surface area contributed by atoms with Crippen LogP contribution in [0.4, 0.5) is 0 Å². The Morgan fingerprint density at radius 2 is 0.917 bits per heavy atom. The van der Waals surface area contributed by atoms with E-state index in [9.17, 15) is 0 Å². The Bertz CT molecular complexity index is 444. The van der Waals surface area contributed by atoms with Crippen molar-refractivity contribution in [1.29, 1.82) is 0 Å². The predicted octanol–water partition coefficient (Wildman–Crippen LogP) is 2.29. The van der Waals surface area contributed by atoms with Gasteiger partial charge in [-0.25, -0.2) is 0 Å². The lowest BCUT2D eigenvalue weighted by Crippen LogP contribution is -2.58. The van der Waals surface area contributed by atoms with Crippen LogP contribution in [0.5, 0.6) is 0 Å². The van der Waals surface area contributed by atoms with Gasteiger partial charge in [-0.15, -0.1) is 0 Å². The molecular formula is C17H32O5Si2. The summed E-state index contributed by atoms with van der Waals surface area (Å²) in [6.45, 7) is 14.9. The third-order valence-corrected chi connectivity index (χ3v) is 9.71. The Kier molecular flexibility index (Phi) is 9.36. The Morgan fingerprint density at radius 1 is 0.583 bits per heavy atom. The minimum Gasteiger partial charge on any atom is -0.391 e. The van der Waals surface area contributed by atoms with Gasteiger partial charge in [0, 0.05) is 38.2 Å². The molecule has 1 rings (SSSR count). The van der Waals surface area contributed by atoms with Gasteiger partial charge in [-0.1, -0.05) is 24.3 Å². The normalized spacial score (nSPS) is 12.6. The number of hydrogen-bond donors (Lipinski definition) is 0. The van der Waals surface area contributed by atoms with Crippen LogP contribution < -0.4 is 10.4 Å². The van der Waals surface area contributed by atoms with Crippen LogP contribution in [0.25, 0.3) is 0 Å². The molecule has 24 heavy (non-hydrogen) atoms. The van der Waals surface area contributed by atoms with Gasteiger partial charge in [0.05, 0.1) is 0 Å². The monoisotopic (exact) mass is 372 g/mol. The molecule has 0 atom stereocenters. The lowest BCUT2D eigenvalue weighted by molar-refractivity contribution is 0.0859. The van der Waals surface area contributed by atoms with E-state index in [1.54, 1.807) is 0 Å². The fourth-order valence-electron chi connectivity index (χ4n) is 2.68. The van der Waals surface area contributed by atoms with E-state index in [1.165, 1.54) is 0 Å². The van der Waals surface area contributed by atoms with Crippen LogP contribution in [-0.4, -0.2) is 50.4 Å². The molecule has 7 heteroatoms. The fraction of sp³-hybridized carbons (Fsp3) is 0.647. The van der Waals surface area contributed by atoms with Crippen LogP contribution in [0.15, 0.2) is 24.3 Å². The van der Waals surface area contributed by atoms with E-state index in [4.69, 9.17) is 22.1 Å². The maximum atomic E-state index is 5.96. The molecule has 0 bridgehead atoms. The Hall–Kier alpha value is -0.546. The van der Waals surface area contributed by atoms with E-state index < -0.39 is 17.4 Å². The van der Waals surface area contributed by atoms with Gasteiger partial charge in [0.25, 0.3) is 0 Å². The van der Waals surface area contributed by atoms with E-state index in [-0.39, 0.29) is 0 Å². The Morgan fingerprint density at radius 3 is 1.25 bits per heavy atom. The molecule has 138 valence electrons. The van der Waals surface area contributed by atoms with Crippen molar-refractivity contribution in [2.45, 2.75) is 41.2 Å². The summed E-state index contributed by atoms with van der Waals surface area (Å²) in [5.41, 5.74) is 0. The first-order valence-electron chi connectivity index (χ1n) is 8.82. The highest BCUT2D eigenvalue weighted by Crippen LogP contribution is 2.12. The molecule has 5 nitrogen and oxygen atoms in total. The van der Waals surface area contributed by atoms with Crippen molar-refractivity contribution in [3.8, 4) is 0 Å². The van der Waals surface area contributed by atoms with Crippen LogP contribution >= 0.6 is 0 Å². The lowest BCUT2D eigenvalue weighted by atomic mass is 10.4. The summed E-state index contributed by atoms with van der Waals surface area (Å²) < 4.78 is 29.8. The molecule has 0 spiro atoms. The number of hydrogen-bond acceptors (Lipinski definition) is 5. The summed E-state index contributed by atoms with van der Waals surface area (Å²) in [5, 5.41) is 2.07.